The molecule has 88 valence electrons. The van der Waals surface area contributed by atoms with E-state index < -0.39 is 24.4 Å². The number of hydrogen-bond acceptors (Lipinski definition) is 1. The van der Waals surface area contributed by atoms with Crippen LogP contribution in [-0.4, -0.2) is 18.6 Å². The summed E-state index contributed by atoms with van der Waals surface area (Å²) in [6.07, 6.45) is -4.48. The van der Waals surface area contributed by atoms with Crippen molar-refractivity contribution >= 4 is 5.91 Å². The van der Waals surface area contributed by atoms with Crippen LogP contribution < -0.4 is 5.32 Å². The molecule has 0 radical (unpaired) electrons. The Morgan fingerprint density at radius 3 is 2.56 bits per heavy atom. The van der Waals surface area contributed by atoms with Crippen molar-refractivity contribution < 1.29 is 22.4 Å². The minimum atomic E-state index is -4.48. The standard InChI is InChI=1S/C10H9F4NO/c1-6-2-3-7(11)4-8(6)9(16)15-5-10(12,13)14/h2-4H,5H2,1H3,(H,15,16). The average molecular weight is 235 g/mol. The SMILES string of the molecule is Cc1ccc(F)cc1C(=O)NCC(F)(F)F. The molecule has 0 saturated carbocycles. The van der Waals surface area contributed by atoms with E-state index in [4.69, 9.17) is 0 Å². The Morgan fingerprint density at radius 1 is 1.38 bits per heavy atom. The summed E-state index contributed by atoms with van der Waals surface area (Å²) in [4.78, 5) is 11.3. The van der Waals surface area contributed by atoms with Gasteiger partial charge < -0.3 is 5.32 Å². The van der Waals surface area contributed by atoms with Crippen molar-refractivity contribution in [1.82, 2.24) is 5.32 Å². The third kappa shape index (κ3) is 3.52. The molecule has 2 nitrogen and oxygen atoms in total. The van der Waals surface area contributed by atoms with Gasteiger partial charge in [-0.05, 0) is 24.6 Å². The van der Waals surface area contributed by atoms with E-state index in [9.17, 15) is 22.4 Å². The van der Waals surface area contributed by atoms with Crippen LogP contribution >= 0.6 is 0 Å². The number of benzene rings is 1. The molecule has 0 aliphatic rings. The maximum absolute atomic E-state index is 12.8. The average Bonchev–Trinajstić information content (AvgIpc) is 2.17. The predicted molar refractivity (Wildman–Crippen MR) is 49.5 cm³/mol. The highest BCUT2D eigenvalue weighted by molar-refractivity contribution is 5.95. The van der Waals surface area contributed by atoms with Gasteiger partial charge in [-0.25, -0.2) is 4.39 Å². The lowest BCUT2D eigenvalue weighted by molar-refractivity contribution is -0.123. The number of carbonyl (C=O) groups excluding carboxylic acids is 1. The van der Waals surface area contributed by atoms with Gasteiger partial charge in [-0.2, -0.15) is 13.2 Å². The first kappa shape index (κ1) is 12.5. The Bertz CT molecular complexity index is 400. The lowest BCUT2D eigenvalue weighted by Crippen LogP contribution is -2.34. The smallest absolute Gasteiger partial charge is 0.343 e. The summed E-state index contributed by atoms with van der Waals surface area (Å²) >= 11 is 0. The molecule has 6 heteroatoms. The Hall–Kier alpha value is -1.59. The second kappa shape index (κ2) is 4.51. The van der Waals surface area contributed by atoms with Gasteiger partial charge in [0.2, 0.25) is 0 Å². The molecule has 0 heterocycles. The van der Waals surface area contributed by atoms with Crippen LogP contribution in [0.3, 0.4) is 0 Å². The van der Waals surface area contributed by atoms with Crippen molar-refractivity contribution in [3.8, 4) is 0 Å². The molecule has 0 bridgehead atoms. The lowest BCUT2D eigenvalue weighted by Gasteiger charge is -2.09. The topological polar surface area (TPSA) is 29.1 Å². The van der Waals surface area contributed by atoms with Crippen LogP contribution in [0.2, 0.25) is 0 Å². The van der Waals surface area contributed by atoms with Crippen LogP contribution in [0.25, 0.3) is 0 Å². The van der Waals surface area contributed by atoms with Gasteiger partial charge in [0.25, 0.3) is 5.91 Å². The molecule has 1 aromatic rings. The molecule has 1 rings (SSSR count). The first-order chi connectivity index (χ1) is 7.29. The van der Waals surface area contributed by atoms with Gasteiger partial charge in [-0.3, -0.25) is 4.79 Å². The number of nitrogens with one attached hydrogen (secondary N) is 1. The van der Waals surface area contributed by atoms with E-state index in [0.29, 0.717) is 5.56 Å². The molecule has 0 unspecified atom stereocenters. The van der Waals surface area contributed by atoms with Gasteiger partial charge in [0, 0.05) is 5.56 Å². The van der Waals surface area contributed by atoms with Gasteiger partial charge in [0.05, 0.1) is 0 Å². The summed E-state index contributed by atoms with van der Waals surface area (Å²) in [5, 5.41) is 1.68. The molecule has 0 aromatic heterocycles. The first-order valence-electron chi connectivity index (χ1n) is 4.41. The van der Waals surface area contributed by atoms with Crippen molar-refractivity contribution in [1.29, 1.82) is 0 Å². The van der Waals surface area contributed by atoms with Crippen LogP contribution in [0.4, 0.5) is 17.6 Å². The van der Waals surface area contributed by atoms with E-state index in [2.05, 4.69) is 0 Å². The minimum absolute atomic E-state index is 0.0933. The zero-order chi connectivity index (χ0) is 12.3. The lowest BCUT2D eigenvalue weighted by atomic mass is 10.1. The minimum Gasteiger partial charge on any atom is -0.343 e. The molecule has 16 heavy (non-hydrogen) atoms. The Morgan fingerprint density at radius 2 is 2.00 bits per heavy atom. The zero-order valence-corrected chi connectivity index (χ0v) is 8.36. The third-order valence-electron chi connectivity index (χ3n) is 1.89. The Kier molecular flexibility index (Phi) is 3.51. The number of amides is 1. The molecule has 1 aromatic carbocycles. The maximum Gasteiger partial charge on any atom is 0.405 e. The highest BCUT2D eigenvalue weighted by Gasteiger charge is 2.28. The molecule has 1 amide bonds. The largest absolute Gasteiger partial charge is 0.405 e. The maximum atomic E-state index is 12.8. The van der Waals surface area contributed by atoms with E-state index in [1.54, 1.807) is 5.32 Å². The summed E-state index contributed by atoms with van der Waals surface area (Å²) < 4.78 is 48.2. The number of halogens is 4. The summed E-state index contributed by atoms with van der Waals surface area (Å²) in [5.74, 6) is -1.60. The summed E-state index contributed by atoms with van der Waals surface area (Å²) in [7, 11) is 0. The van der Waals surface area contributed by atoms with E-state index >= 15 is 0 Å². The fourth-order valence-corrected chi connectivity index (χ4v) is 1.11. The van der Waals surface area contributed by atoms with Gasteiger partial charge >= 0.3 is 6.18 Å². The van der Waals surface area contributed by atoms with Crippen molar-refractivity contribution in [3.05, 3.63) is 35.1 Å². The number of alkyl halides is 3. The highest BCUT2D eigenvalue weighted by atomic mass is 19.4. The van der Waals surface area contributed by atoms with E-state index in [1.807, 2.05) is 0 Å². The number of aryl methyl sites for hydroxylation is 1. The predicted octanol–water partition coefficient (Wildman–Crippen LogP) is 2.43. The molecule has 0 spiro atoms. The van der Waals surface area contributed by atoms with Gasteiger partial charge in [0.1, 0.15) is 12.4 Å². The zero-order valence-electron chi connectivity index (χ0n) is 8.36. The van der Waals surface area contributed by atoms with Crippen LogP contribution in [-0.2, 0) is 0 Å². The third-order valence-corrected chi connectivity index (χ3v) is 1.89. The van der Waals surface area contributed by atoms with Crippen LogP contribution in [0, 0.1) is 12.7 Å². The highest BCUT2D eigenvalue weighted by Crippen LogP contribution is 2.14. The monoisotopic (exact) mass is 235 g/mol. The van der Waals surface area contributed by atoms with Crippen molar-refractivity contribution in [2.24, 2.45) is 0 Å². The molecule has 0 aliphatic carbocycles. The summed E-state index contributed by atoms with van der Waals surface area (Å²) in [5.41, 5.74) is 0.324. The van der Waals surface area contributed by atoms with Crippen molar-refractivity contribution in [2.45, 2.75) is 13.1 Å². The van der Waals surface area contributed by atoms with Crippen LogP contribution in [0.5, 0.6) is 0 Å². The normalized spacial score (nSPS) is 11.3. The molecule has 0 aliphatic heterocycles. The Balaban J connectivity index is 2.77. The molecule has 0 fully saturated rings. The quantitative estimate of drug-likeness (QED) is 0.783. The Labute approximate surface area is 89.3 Å². The van der Waals surface area contributed by atoms with E-state index in [1.165, 1.54) is 13.0 Å². The fraction of sp³-hybridized carbons (Fsp3) is 0.300. The number of rotatable bonds is 2. The summed E-state index contributed by atoms with van der Waals surface area (Å²) in [6, 6.07) is 3.37. The number of hydrogen-bond donors (Lipinski definition) is 1. The molecular formula is C10H9F4NO. The van der Waals surface area contributed by atoms with Gasteiger partial charge in [0.15, 0.2) is 0 Å². The van der Waals surface area contributed by atoms with Crippen LogP contribution in [0.1, 0.15) is 15.9 Å². The fourth-order valence-electron chi connectivity index (χ4n) is 1.11. The number of carbonyl (C=O) groups is 1. The van der Waals surface area contributed by atoms with Crippen LogP contribution in [0.15, 0.2) is 18.2 Å². The van der Waals surface area contributed by atoms with Crippen molar-refractivity contribution in [3.63, 3.8) is 0 Å². The molecule has 0 saturated heterocycles. The first-order valence-corrected chi connectivity index (χ1v) is 4.41. The second-order valence-electron chi connectivity index (χ2n) is 3.26. The van der Waals surface area contributed by atoms with E-state index in [0.717, 1.165) is 12.1 Å². The van der Waals surface area contributed by atoms with E-state index in [-0.39, 0.29) is 5.56 Å². The second-order valence-corrected chi connectivity index (χ2v) is 3.26. The van der Waals surface area contributed by atoms with Gasteiger partial charge in [-0.15, -0.1) is 0 Å². The van der Waals surface area contributed by atoms with Crippen molar-refractivity contribution in [2.75, 3.05) is 6.54 Å². The molecular weight excluding hydrogens is 226 g/mol. The summed E-state index contributed by atoms with van der Waals surface area (Å²) in [6.45, 7) is 0.0870. The molecule has 1 N–H and O–H groups in total. The van der Waals surface area contributed by atoms with Gasteiger partial charge in [-0.1, -0.05) is 6.07 Å². The molecule has 0 atom stereocenters.